The van der Waals surface area contributed by atoms with Crippen molar-refractivity contribution in [3.8, 4) is 46.0 Å². The van der Waals surface area contributed by atoms with Crippen LogP contribution in [-0.4, -0.2) is 56.6 Å². The molecule has 9 nitrogen and oxygen atoms in total. The van der Waals surface area contributed by atoms with E-state index in [1.165, 1.54) is 17.7 Å². The van der Waals surface area contributed by atoms with Gasteiger partial charge in [0.25, 0.3) is 0 Å². The zero-order chi connectivity index (χ0) is 45.7. The van der Waals surface area contributed by atoms with Crippen molar-refractivity contribution in [2.45, 2.75) is 93.3 Å². The zero-order valence-corrected chi connectivity index (χ0v) is 41.0. The van der Waals surface area contributed by atoms with Gasteiger partial charge in [0.1, 0.15) is 39.3 Å². The first-order chi connectivity index (χ1) is 29.9. The first-order valence-corrected chi connectivity index (χ1v) is 22.9. The standard InChI is InChI=1S/C23H22Cl4O5.C23H24Cl4O4.3CH4/c1-23(2)22(28)15-6-5-7-18(20(15)32-23)30-9-3-4-10-31-21-16(24)12-14(13-17(21)25)29-11-8-19(26)27;1-23(2)14-15-6-5-7-19(21(15)31-23)29-9-3-4-10-30-22-17(24)12-16(13-18(22)25)28-11-8-20(26)27;;;/h5-8,12-13H,3-4,9-11H2,1-2H3;5-8,12-13H,3-4,9-11,14H2,1-2H3;3*1H4. The Balaban J connectivity index is 0.000000434. The summed E-state index contributed by atoms with van der Waals surface area (Å²) in [5.74, 6) is 4.47. The van der Waals surface area contributed by atoms with Gasteiger partial charge in [-0.1, -0.05) is 133 Å². The van der Waals surface area contributed by atoms with Crippen molar-refractivity contribution in [2.24, 2.45) is 0 Å². The van der Waals surface area contributed by atoms with Gasteiger partial charge in [-0.15, -0.1) is 0 Å². The predicted octanol–water partition coefficient (Wildman–Crippen LogP) is 16.8. The molecule has 364 valence electrons. The summed E-state index contributed by atoms with van der Waals surface area (Å²) in [6.07, 6.45) is 6.95. The average Bonchev–Trinajstić information content (AvgIpc) is 3.66. The molecule has 0 atom stereocenters. The fourth-order valence-electron chi connectivity index (χ4n) is 6.28. The summed E-state index contributed by atoms with van der Waals surface area (Å²) in [5, 5.41) is 1.43. The maximum Gasteiger partial charge on any atom is 0.209 e. The maximum absolute atomic E-state index is 12.3. The lowest BCUT2D eigenvalue weighted by atomic mass is 10.00. The Kier molecular flexibility index (Phi) is 24.7. The number of fused-ring (bicyclic) bond motifs is 2. The second-order valence-corrected chi connectivity index (χ2v) is 18.9. The van der Waals surface area contributed by atoms with Crippen molar-refractivity contribution in [2.75, 3.05) is 39.6 Å². The van der Waals surface area contributed by atoms with Gasteiger partial charge in [0, 0.05) is 36.2 Å². The number of rotatable bonds is 20. The van der Waals surface area contributed by atoms with Crippen LogP contribution >= 0.6 is 92.8 Å². The SMILES string of the molecule is C.C.C.CC1(C)Cc2cccc(OCCCCOc3c(Cl)cc(OCC=C(Cl)Cl)cc3Cl)c2O1.CC1(C)Oc2c(OCCCCOc3c(Cl)cc(OCC=C(Cl)Cl)cc3Cl)cccc2C1=O. The fraction of sp³-hybridized carbons (Fsp3) is 0.408. The molecule has 0 radical (unpaired) electrons. The van der Waals surface area contributed by atoms with Gasteiger partial charge < -0.3 is 37.9 Å². The highest BCUT2D eigenvalue weighted by Crippen LogP contribution is 2.43. The minimum absolute atomic E-state index is 0. The Labute approximate surface area is 430 Å². The van der Waals surface area contributed by atoms with E-state index in [1.54, 1.807) is 56.3 Å². The quantitative estimate of drug-likeness (QED) is 0.0803. The minimum atomic E-state index is -0.872. The molecular formula is C49H58Cl8O9. The topological polar surface area (TPSA) is 90.9 Å². The number of ketones is 1. The Morgan fingerprint density at radius 3 is 1.42 bits per heavy atom. The van der Waals surface area contributed by atoms with Gasteiger partial charge >= 0.3 is 0 Å². The van der Waals surface area contributed by atoms with Gasteiger partial charge in [-0.25, -0.2) is 0 Å². The highest BCUT2D eigenvalue weighted by Gasteiger charge is 2.41. The molecule has 2 aliphatic rings. The summed E-state index contributed by atoms with van der Waals surface area (Å²) >= 11 is 47.3. The van der Waals surface area contributed by atoms with Gasteiger partial charge in [0.15, 0.2) is 40.1 Å². The van der Waals surface area contributed by atoms with Crippen LogP contribution in [0.3, 0.4) is 0 Å². The third-order valence-electron chi connectivity index (χ3n) is 9.19. The second-order valence-electron chi connectivity index (χ2n) is 15.2. The Morgan fingerprint density at radius 1 is 0.576 bits per heavy atom. The zero-order valence-electron chi connectivity index (χ0n) is 34.9. The van der Waals surface area contributed by atoms with Crippen molar-refractivity contribution < 1.29 is 42.7 Å². The minimum Gasteiger partial charge on any atom is -0.490 e. The Morgan fingerprint density at radius 2 is 0.985 bits per heavy atom. The number of carbonyl (C=O) groups excluding carboxylic acids is 1. The summed E-state index contributed by atoms with van der Waals surface area (Å²) in [4.78, 5) is 12.3. The largest absolute Gasteiger partial charge is 0.490 e. The number of halogens is 8. The molecule has 0 amide bonds. The number of carbonyl (C=O) groups is 1. The molecule has 0 unspecified atom stereocenters. The normalized spacial score (nSPS) is 13.2. The molecule has 0 aliphatic carbocycles. The van der Waals surface area contributed by atoms with E-state index in [1.807, 2.05) is 12.1 Å². The van der Waals surface area contributed by atoms with Gasteiger partial charge in [0.05, 0.1) is 52.1 Å². The van der Waals surface area contributed by atoms with Gasteiger partial charge in [-0.05, 0) is 83.7 Å². The molecule has 4 aromatic rings. The van der Waals surface area contributed by atoms with Crippen molar-refractivity contribution in [1.29, 1.82) is 0 Å². The molecule has 0 aromatic heterocycles. The van der Waals surface area contributed by atoms with Crippen LogP contribution in [0.1, 0.15) is 91.6 Å². The maximum atomic E-state index is 12.3. The molecule has 0 spiro atoms. The van der Waals surface area contributed by atoms with Crippen molar-refractivity contribution in [3.63, 3.8) is 0 Å². The Bertz CT molecular complexity index is 2230. The molecular weight excluding hydrogens is 1020 g/mol. The third kappa shape index (κ3) is 17.4. The van der Waals surface area contributed by atoms with Crippen LogP contribution in [0.5, 0.6) is 46.0 Å². The van der Waals surface area contributed by atoms with E-state index in [0.29, 0.717) is 93.0 Å². The van der Waals surface area contributed by atoms with E-state index in [4.69, 9.17) is 131 Å². The van der Waals surface area contributed by atoms with E-state index in [0.717, 1.165) is 37.2 Å². The van der Waals surface area contributed by atoms with Crippen LogP contribution in [-0.2, 0) is 6.42 Å². The summed E-state index contributed by atoms with van der Waals surface area (Å²) in [6.45, 7) is 9.93. The molecule has 66 heavy (non-hydrogen) atoms. The first-order valence-electron chi connectivity index (χ1n) is 19.9. The Hall–Kier alpha value is -3.25. The van der Waals surface area contributed by atoms with E-state index in [9.17, 15) is 4.79 Å². The molecule has 0 bridgehead atoms. The smallest absolute Gasteiger partial charge is 0.209 e. The molecule has 0 saturated carbocycles. The summed E-state index contributed by atoms with van der Waals surface area (Å²) in [5.41, 5.74) is 0.671. The lowest BCUT2D eigenvalue weighted by molar-refractivity contribution is 0.0677. The fourth-order valence-corrected chi connectivity index (χ4v) is 7.68. The van der Waals surface area contributed by atoms with E-state index in [2.05, 4.69) is 19.9 Å². The monoisotopic (exact) mass is 1070 g/mol. The number of hydrogen-bond acceptors (Lipinski definition) is 9. The number of para-hydroxylation sites is 2. The van der Waals surface area contributed by atoms with Crippen LogP contribution in [0.4, 0.5) is 0 Å². The summed E-state index contributed by atoms with van der Waals surface area (Å²) in [6, 6.07) is 17.9. The van der Waals surface area contributed by atoms with Crippen LogP contribution in [0.2, 0.25) is 20.1 Å². The molecule has 6 rings (SSSR count). The second kappa shape index (κ2) is 27.7. The molecule has 0 N–H and O–H groups in total. The van der Waals surface area contributed by atoms with Crippen molar-refractivity contribution in [3.05, 3.63) is 113 Å². The third-order valence-corrected chi connectivity index (χ3v) is 10.9. The number of Topliss-reactive ketones (excluding diaryl/α,β-unsaturated/α-hetero) is 1. The number of unbranched alkanes of at least 4 members (excludes halogenated alkanes) is 2. The lowest BCUT2D eigenvalue weighted by Crippen LogP contribution is -2.31. The average molecular weight is 1070 g/mol. The number of hydrogen-bond donors (Lipinski definition) is 0. The molecule has 0 fully saturated rings. The highest BCUT2D eigenvalue weighted by molar-refractivity contribution is 6.56. The van der Waals surface area contributed by atoms with E-state index < -0.39 is 5.60 Å². The van der Waals surface area contributed by atoms with Gasteiger partial charge in [-0.3, -0.25) is 4.79 Å². The summed E-state index contributed by atoms with van der Waals surface area (Å²) < 4.78 is 46.3. The summed E-state index contributed by atoms with van der Waals surface area (Å²) in [7, 11) is 0. The van der Waals surface area contributed by atoms with Crippen LogP contribution in [0.25, 0.3) is 0 Å². The first kappa shape index (κ1) is 58.9. The lowest BCUT2D eigenvalue weighted by Gasteiger charge is -2.18. The highest BCUT2D eigenvalue weighted by atomic mass is 35.5. The van der Waals surface area contributed by atoms with E-state index >= 15 is 0 Å². The van der Waals surface area contributed by atoms with Gasteiger partial charge in [0.2, 0.25) is 5.78 Å². The molecule has 2 heterocycles. The number of benzene rings is 4. The number of ether oxygens (including phenoxy) is 8. The van der Waals surface area contributed by atoms with Crippen molar-refractivity contribution in [1.82, 2.24) is 0 Å². The molecule has 2 aliphatic heterocycles. The van der Waals surface area contributed by atoms with Crippen LogP contribution in [0, 0.1) is 0 Å². The molecule has 17 heteroatoms. The van der Waals surface area contributed by atoms with E-state index in [-0.39, 0.29) is 55.9 Å². The van der Waals surface area contributed by atoms with Crippen molar-refractivity contribution >= 4 is 98.6 Å². The molecule has 4 aromatic carbocycles. The van der Waals surface area contributed by atoms with Gasteiger partial charge in [-0.2, -0.15) is 0 Å². The predicted molar refractivity (Wildman–Crippen MR) is 274 cm³/mol. The van der Waals surface area contributed by atoms with Crippen LogP contribution < -0.4 is 37.9 Å². The molecule has 0 saturated heterocycles. The van der Waals surface area contributed by atoms with Crippen LogP contribution in [0.15, 0.2) is 81.8 Å².